The Bertz CT molecular complexity index is 880. The third kappa shape index (κ3) is 10.8. The topological polar surface area (TPSA) is 59.9 Å². The Morgan fingerprint density at radius 2 is 0.906 bits per heavy atom. The summed E-state index contributed by atoms with van der Waals surface area (Å²) in [5, 5.41) is 0. The van der Waals surface area contributed by atoms with Crippen molar-refractivity contribution in [2.45, 2.75) is 20.3 Å². The summed E-state index contributed by atoms with van der Waals surface area (Å²) in [6, 6.07) is 32.2. The summed E-state index contributed by atoms with van der Waals surface area (Å²) in [6.45, 7) is 2.81. The number of hydrogen-bond donors (Lipinski definition) is 0. The van der Waals surface area contributed by atoms with Gasteiger partial charge in [0.1, 0.15) is 11.6 Å². The van der Waals surface area contributed by atoms with Crippen LogP contribution in [0.4, 0.5) is 0 Å². The first-order valence-electron chi connectivity index (χ1n) is 9.98. The van der Waals surface area contributed by atoms with Crippen molar-refractivity contribution in [1.82, 2.24) is 9.97 Å². The predicted octanol–water partition coefficient (Wildman–Crippen LogP) is 5.67. The van der Waals surface area contributed by atoms with E-state index < -0.39 is 0 Å². The van der Waals surface area contributed by atoms with Gasteiger partial charge in [0.25, 0.3) is 0 Å². The van der Waals surface area contributed by atoms with Crippen LogP contribution >= 0.6 is 0 Å². The molecule has 0 spiro atoms. The van der Waals surface area contributed by atoms with Crippen molar-refractivity contribution in [1.29, 1.82) is 0 Å². The minimum absolute atomic E-state index is 0. The Morgan fingerprint density at radius 1 is 0.562 bits per heavy atom. The molecule has 159 valence electrons. The van der Waals surface area contributed by atoms with Crippen molar-refractivity contribution in [2.24, 2.45) is 0 Å². The zero-order chi connectivity index (χ0) is 22.3. The Balaban J connectivity index is 0.000000246. The van der Waals surface area contributed by atoms with Gasteiger partial charge >= 0.3 is 0 Å². The molecule has 0 aliphatic rings. The van der Waals surface area contributed by atoms with Gasteiger partial charge in [-0.2, -0.15) is 0 Å². The number of Topliss-reactive ketones (excluding diaryl/α,β-unsaturated/α-hetero) is 2. The number of benzene rings is 2. The molecule has 2 aromatic carbocycles. The Labute approximate surface area is 208 Å². The molecule has 32 heavy (non-hydrogen) atoms. The number of ketones is 2. The molecule has 0 aliphatic heterocycles. The summed E-state index contributed by atoms with van der Waals surface area (Å²) in [5.74, 6) is -0.125. The van der Waals surface area contributed by atoms with Crippen LogP contribution in [-0.2, 0) is 9.59 Å². The zero-order valence-electron chi connectivity index (χ0n) is 18.4. The first-order valence-corrected chi connectivity index (χ1v) is 9.98. The van der Waals surface area contributed by atoms with Crippen LogP contribution < -0.4 is 0 Å². The van der Waals surface area contributed by atoms with Crippen LogP contribution in [-0.4, -0.2) is 47.4 Å². The smallest absolute Gasteiger partial charge is 0.137 e. The Kier molecular flexibility index (Phi) is 13.2. The summed E-state index contributed by atoms with van der Waals surface area (Å²) in [6.07, 6.45) is 3.70. The number of nitrogens with zero attached hydrogens (tertiary/aromatic N) is 2. The molecule has 0 N–H and O–H groups in total. The van der Waals surface area contributed by atoms with E-state index in [0.717, 1.165) is 22.5 Å². The van der Waals surface area contributed by atoms with E-state index in [1.165, 1.54) is 13.8 Å². The predicted molar refractivity (Wildman–Crippen MR) is 131 cm³/mol. The molecule has 0 atom stereocenters. The molecule has 0 bridgehead atoms. The second kappa shape index (κ2) is 15.7. The minimum Gasteiger partial charge on any atom is -0.300 e. The molecule has 0 unspecified atom stereocenters. The number of pyridine rings is 2. The second-order valence-electron chi connectivity index (χ2n) is 6.74. The van der Waals surface area contributed by atoms with Crippen LogP contribution in [0.2, 0.25) is 0 Å². The molecule has 0 aliphatic carbocycles. The van der Waals surface area contributed by atoms with Crippen LogP contribution in [0.1, 0.15) is 20.3 Å². The maximum Gasteiger partial charge on any atom is 0.137 e. The molecule has 5 heteroatoms. The van der Waals surface area contributed by atoms with E-state index in [1.54, 1.807) is 0 Å². The van der Waals surface area contributed by atoms with Gasteiger partial charge in [-0.05, 0) is 38.1 Å². The molecule has 3 radical (unpaired) electrons. The normalized spacial score (nSPS) is 9.06. The van der Waals surface area contributed by atoms with Crippen molar-refractivity contribution in [3.8, 4) is 22.5 Å². The summed E-state index contributed by atoms with van der Waals surface area (Å²) in [7, 11) is 0. The fourth-order valence-electron chi connectivity index (χ4n) is 2.64. The second-order valence-corrected chi connectivity index (χ2v) is 6.74. The van der Waals surface area contributed by atoms with Gasteiger partial charge < -0.3 is 0 Å². The van der Waals surface area contributed by atoms with Crippen molar-refractivity contribution >= 4 is 37.4 Å². The van der Waals surface area contributed by atoms with E-state index in [2.05, 4.69) is 34.2 Å². The number of carbonyl (C=O) groups is 2. The average Bonchev–Trinajstić information content (AvgIpc) is 2.81. The van der Waals surface area contributed by atoms with E-state index in [0.29, 0.717) is 0 Å². The number of aromatic nitrogens is 2. The molecule has 2 aromatic heterocycles. The third-order valence-corrected chi connectivity index (χ3v) is 3.97. The number of carbonyl (C=O) groups excluding carboxylic acids is 2. The van der Waals surface area contributed by atoms with Crippen molar-refractivity contribution < 1.29 is 9.59 Å². The van der Waals surface area contributed by atoms with Crippen LogP contribution in [0.5, 0.6) is 0 Å². The first-order chi connectivity index (χ1) is 15.1. The fraction of sp³-hybridized carbons (Fsp3) is 0.111. The van der Waals surface area contributed by atoms with Gasteiger partial charge in [0.2, 0.25) is 0 Å². The average molecular weight is 525 g/mol. The third-order valence-electron chi connectivity index (χ3n) is 3.97. The molecule has 4 aromatic rings. The molecular weight excluding hydrogens is 499 g/mol. The van der Waals surface area contributed by atoms with Gasteiger partial charge in [0.15, 0.2) is 0 Å². The molecule has 0 fully saturated rings. The van der Waals surface area contributed by atoms with Crippen molar-refractivity contribution in [3.05, 3.63) is 109 Å². The van der Waals surface area contributed by atoms with E-state index in [-0.39, 0.29) is 43.8 Å². The van der Waals surface area contributed by atoms with Crippen LogP contribution in [0.15, 0.2) is 109 Å². The van der Waals surface area contributed by atoms with Gasteiger partial charge in [-0.3, -0.25) is 19.6 Å². The van der Waals surface area contributed by atoms with Crippen molar-refractivity contribution in [3.63, 3.8) is 0 Å². The monoisotopic (exact) mass is 525 g/mol. The summed E-state index contributed by atoms with van der Waals surface area (Å²) >= 11 is 0. The van der Waals surface area contributed by atoms with Gasteiger partial charge in [-0.25, -0.2) is 0 Å². The molecule has 0 saturated heterocycles. The number of rotatable bonds is 4. The SMILES string of the molecule is CC(=O)CC(C)=O.[In].c1ccc(-c2ccccn2)cc1.c1ccc(-c2ccccn2)cc1. The fourth-order valence-corrected chi connectivity index (χ4v) is 2.64. The number of hydrogen-bond acceptors (Lipinski definition) is 4. The van der Waals surface area contributed by atoms with E-state index in [9.17, 15) is 9.59 Å². The maximum absolute atomic E-state index is 10.0. The Hall–Kier alpha value is -3.05. The Morgan fingerprint density at radius 3 is 1.16 bits per heavy atom. The van der Waals surface area contributed by atoms with Gasteiger partial charge in [-0.1, -0.05) is 72.8 Å². The summed E-state index contributed by atoms with van der Waals surface area (Å²) in [5.41, 5.74) is 4.38. The largest absolute Gasteiger partial charge is 0.300 e. The van der Waals surface area contributed by atoms with Crippen LogP contribution in [0.25, 0.3) is 22.5 Å². The molecule has 0 amide bonds. The summed E-state index contributed by atoms with van der Waals surface area (Å²) < 4.78 is 0. The standard InChI is InChI=1S/2C11H9N.C5H8O2.In/c2*1-2-6-10(7-3-1)11-8-4-5-9-12-11;1-4(6)3-5(2)7;/h2*1-9H;3H2,1-2H3;. The first kappa shape index (κ1) is 27.0. The molecule has 2 heterocycles. The van der Waals surface area contributed by atoms with E-state index in [1.807, 2.05) is 85.2 Å². The van der Waals surface area contributed by atoms with Crippen LogP contribution in [0, 0.1) is 0 Å². The van der Waals surface area contributed by atoms with Gasteiger partial charge in [0, 0.05) is 49.4 Å². The maximum atomic E-state index is 10.0. The quantitative estimate of drug-likeness (QED) is 0.322. The summed E-state index contributed by atoms with van der Waals surface area (Å²) in [4.78, 5) is 28.6. The van der Waals surface area contributed by atoms with Crippen molar-refractivity contribution in [2.75, 3.05) is 0 Å². The molecule has 0 saturated carbocycles. The zero-order valence-corrected chi connectivity index (χ0v) is 21.7. The minimum atomic E-state index is -0.0625. The van der Waals surface area contributed by atoms with E-state index in [4.69, 9.17) is 0 Å². The van der Waals surface area contributed by atoms with Crippen LogP contribution in [0.3, 0.4) is 0 Å². The molecule has 4 nitrogen and oxygen atoms in total. The van der Waals surface area contributed by atoms with E-state index >= 15 is 0 Å². The van der Waals surface area contributed by atoms with Gasteiger partial charge in [-0.15, -0.1) is 0 Å². The molecular formula is C27H26InN2O2. The molecule has 4 rings (SSSR count). The van der Waals surface area contributed by atoms with Gasteiger partial charge in [0.05, 0.1) is 17.8 Å².